The van der Waals surface area contributed by atoms with Crippen molar-refractivity contribution in [2.75, 3.05) is 0 Å². The van der Waals surface area contributed by atoms with Crippen LogP contribution in [0.15, 0.2) is 47.6 Å². The van der Waals surface area contributed by atoms with E-state index in [0.717, 1.165) is 5.56 Å². The molecule has 0 spiro atoms. The summed E-state index contributed by atoms with van der Waals surface area (Å²) >= 11 is 0. The molecule has 1 heterocycles. The van der Waals surface area contributed by atoms with Gasteiger partial charge in [-0.25, -0.2) is 0 Å². The van der Waals surface area contributed by atoms with E-state index in [1.54, 1.807) is 4.68 Å². The summed E-state index contributed by atoms with van der Waals surface area (Å²) in [7, 11) is 0. The molecule has 0 unspecified atom stereocenters. The molecule has 3 nitrogen and oxygen atoms in total. The highest BCUT2D eigenvalue weighted by Gasteiger charge is 2.36. The Morgan fingerprint density at radius 1 is 1.16 bits per heavy atom. The first-order valence-electron chi connectivity index (χ1n) is 6.42. The van der Waals surface area contributed by atoms with E-state index in [1.165, 1.54) is 10.8 Å². The topological polar surface area (TPSA) is 38.4 Å². The van der Waals surface area contributed by atoms with Gasteiger partial charge in [-0.15, -0.1) is 0 Å². The summed E-state index contributed by atoms with van der Waals surface area (Å²) in [5.74, 6) is -0.0537. The molecule has 0 fully saturated rings. The van der Waals surface area contributed by atoms with E-state index in [1.807, 2.05) is 32.2 Å². The molecule has 1 aliphatic rings. The van der Waals surface area contributed by atoms with E-state index < -0.39 is 0 Å². The zero-order valence-corrected chi connectivity index (χ0v) is 11.1. The Bertz CT molecular complexity index is 699. The second-order valence-electron chi connectivity index (χ2n) is 5.56. The van der Waals surface area contributed by atoms with Gasteiger partial charge >= 0.3 is 0 Å². The van der Waals surface area contributed by atoms with Crippen LogP contribution in [0.2, 0.25) is 0 Å². The van der Waals surface area contributed by atoms with Crippen molar-refractivity contribution in [1.82, 2.24) is 0 Å². The fraction of sp³-hybridized carbons (Fsp3) is 0.250. The minimum absolute atomic E-state index is 0.0537. The Morgan fingerprint density at radius 3 is 2.58 bits per heavy atom. The number of rotatable bonds is 1. The lowest BCUT2D eigenvalue weighted by atomic mass is 10.0. The predicted octanol–water partition coefficient (Wildman–Crippen LogP) is 2.13. The van der Waals surface area contributed by atoms with E-state index in [0.29, 0.717) is 6.42 Å². The monoisotopic (exact) mass is 252 g/mol. The van der Waals surface area contributed by atoms with E-state index in [9.17, 15) is 5.11 Å². The van der Waals surface area contributed by atoms with Crippen molar-refractivity contribution in [3.05, 3.63) is 48.0 Å². The van der Waals surface area contributed by atoms with Crippen LogP contribution in [0, 0.1) is 0 Å². The molecule has 0 atom stereocenters. The Kier molecular flexibility index (Phi) is 2.63. The number of nitrogens with zero attached hydrogens (tertiary/aromatic N) is 2. The first-order valence-corrected chi connectivity index (χ1v) is 6.42. The molecule has 19 heavy (non-hydrogen) atoms. The fourth-order valence-corrected chi connectivity index (χ4v) is 2.37. The molecule has 1 aliphatic heterocycles. The van der Waals surface area contributed by atoms with E-state index in [4.69, 9.17) is 0 Å². The lowest BCUT2D eigenvalue weighted by Gasteiger charge is -2.11. The van der Waals surface area contributed by atoms with Crippen LogP contribution in [0.1, 0.15) is 25.8 Å². The first-order chi connectivity index (χ1) is 9.04. The largest absolute Gasteiger partial charge is 0.857 e. The van der Waals surface area contributed by atoms with Gasteiger partial charge in [0, 0.05) is 31.7 Å². The Labute approximate surface area is 112 Å². The van der Waals surface area contributed by atoms with E-state index in [-0.39, 0.29) is 11.4 Å². The van der Waals surface area contributed by atoms with Crippen molar-refractivity contribution in [3.8, 4) is 0 Å². The van der Waals surface area contributed by atoms with Crippen LogP contribution in [-0.2, 0) is 0 Å². The molecule has 0 bridgehead atoms. The Hall–Kier alpha value is -2.16. The molecule has 0 amide bonds. The van der Waals surface area contributed by atoms with E-state index in [2.05, 4.69) is 35.4 Å². The van der Waals surface area contributed by atoms with Crippen molar-refractivity contribution in [2.45, 2.75) is 25.8 Å². The molecule has 0 radical (unpaired) electrons. The van der Waals surface area contributed by atoms with Crippen molar-refractivity contribution in [3.63, 3.8) is 0 Å². The summed E-state index contributed by atoms with van der Waals surface area (Å²) < 4.78 is 1.78. The molecule has 96 valence electrons. The highest BCUT2D eigenvalue weighted by Crippen LogP contribution is 2.21. The maximum atomic E-state index is 11.4. The second-order valence-corrected chi connectivity index (χ2v) is 5.56. The summed E-state index contributed by atoms with van der Waals surface area (Å²) in [6.07, 6.45) is 2.41. The highest BCUT2D eigenvalue weighted by molar-refractivity contribution is 5.89. The van der Waals surface area contributed by atoms with Gasteiger partial charge in [0.25, 0.3) is 0 Å². The van der Waals surface area contributed by atoms with Crippen LogP contribution in [0.4, 0.5) is 0 Å². The molecule has 0 aliphatic carbocycles. The first kappa shape index (κ1) is 11.9. The van der Waals surface area contributed by atoms with Gasteiger partial charge in [-0.1, -0.05) is 35.0 Å². The SMILES string of the molecule is CC1(C)CC([O-])=N/[N+]1=C\c1ccc2ccccc2c1. The maximum Gasteiger partial charge on any atom is 0.203 e. The van der Waals surface area contributed by atoms with Crippen LogP contribution in [0.5, 0.6) is 0 Å². The van der Waals surface area contributed by atoms with Crippen molar-refractivity contribution < 1.29 is 9.79 Å². The summed E-state index contributed by atoms with van der Waals surface area (Å²) in [5.41, 5.74) is 0.827. The normalized spacial score (nSPS) is 19.9. The molecule has 3 heteroatoms. The third kappa shape index (κ3) is 2.24. The molecule has 0 aromatic heterocycles. The number of benzene rings is 2. The summed E-state index contributed by atoms with van der Waals surface area (Å²) in [6, 6.07) is 14.5. The van der Waals surface area contributed by atoms with Crippen LogP contribution in [-0.4, -0.2) is 22.3 Å². The van der Waals surface area contributed by atoms with Gasteiger partial charge in [-0.05, 0) is 28.0 Å². The molecular formula is C16H16N2O. The number of hydrogen-bond acceptors (Lipinski definition) is 2. The lowest BCUT2D eigenvalue weighted by Crippen LogP contribution is -2.31. The zero-order valence-electron chi connectivity index (χ0n) is 11.1. The standard InChI is InChI=1S/C16H16N2O/c1-16(2)10-15(19)17-18(16)11-12-7-8-13-5-3-4-6-14(13)9-12/h3-9,11H,10H2,1-2H3/b18-11-. The number of fused-ring (bicyclic) bond motifs is 1. The van der Waals surface area contributed by atoms with Crippen LogP contribution in [0.3, 0.4) is 0 Å². The van der Waals surface area contributed by atoms with Crippen LogP contribution < -0.4 is 5.11 Å². The van der Waals surface area contributed by atoms with E-state index >= 15 is 0 Å². The quantitative estimate of drug-likeness (QED) is 0.716. The molecular weight excluding hydrogens is 236 g/mol. The predicted molar refractivity (Wildman–Crippen MR) is 75.5 cm³/mol. The van der Waals surface area contributed by atoms with Gasteiger partial charge in [0.15, 0.2) is 5.54 Å². The van der Waals surface area contributed by atoms with Gasteiger partial charge in [-0.3, -0.25) is 0 Å². The average Bonchev–Trinajstić information content (AvgIpc) is 2.62. The molecule has 0 N–H and O–H groups in total. The number of hydrogen-bond donors (Lipinski definition) is 0. The third-order valence-electron chi connectivity index (χ3n) is 3.47. The third-order valence-corrected chi connectivity index (χ3v) is 3.47. The van der Waals surface area contributed by atoms with Crippen molar-refractivity contribution in [2.24, 2.45) is 5.10 Å². The average molecular weight is 252 g/mol. The van der Waals surface area contributed by atoms with Gasteiger partial charge in [0.1, 0.15) is 0 Å². The maximum absolute atomic E-state index is 11.4. The van der Waals surface area contributed by atoms with Gasteiger partial charge in [0.2, 0.25) is 6.21 Å². The summed E-state index contributed by atoms with van der Waals surface area (Å²) in [5, 5.41) is 17.9. The molecule has 0 saturated heterocycles. The minimum Gasteiger partial charge on any atom is -0.857 e. The summed E-state index contributed by atoms with van der Waals surface area (Å²) in [6.45, 7) is 4.05. The van der Waals surface area contributed by atoms with Crippen LogP contribution >= 0.6 is 0 Å². The highest BCUT2D eigenvalue weighted by atomic mass is 16.3. The smallest absolute Gasteiger partial charge is 0.203 e. The fourth-order valence-electron chi connectivity index (χ4n) is 2.37. The molecule has 0 saturated carbocycles. The van der Waals surface area contributed by atoms with Crippen molar-refractivity contribution in [1.29, 1.82) is 0 Å². The minimum atomic E-state index is -0.233. The lowest BCUT2D eigenvalue weighted by molar-refractivity contribution is -0.591. The number of hydrazone groups is 1. The Balaban J connectivity index is 2.06. The second kappa shape index (κ2) is 4.19. The van der Waals surface area contributed by atoms with Gasteiger partial charge in [-0.2, -0.15) is 0 Å². The molecule has 2 aromatic carbocycles. The van der Waals surface area contributed by atoms with Crippen LogP contribution in [0.25, 0.3) is 10.8 Å². The van der Waals surface area contributed by atoms with Gasteiger partial charge in [0.05, 0.1) is 0 Å². The summed E-state index contributed by atoms with van der Waals surface area (Å²) in [4.78, 5) is 0. The van der Waals surface area contributed by atoms with Crippen molar-refractivity contribution >= 4 is 22.9 Å². The molecule has 3 rings (SSSR count). The van der Waals surface area contributed by atoms with Gasteiger partial charge < -0.3 is 5.11 Å². The molecule has 2 aromatic rings. The zero-order chi connectivity index (χ0) is 13.5. The Morgan fingerprint density at radius 2 is 1.89 bits per heavy atom.